The summed E-state index contributed by atoms with van der Waals surface area (Å²) >= 11 is 0. The maximum Gasteiger partial charge on any atom is 0.322 e. The summed E-state index contributed by atoms with van der Waals surface area (Å²) < 4.78 is 11.2. The maximum atomic E-state index is 12.4. The molecule has 0 bridgehead atoms. The Morgan fingerprint density at radius 3 is 2.74 bits per heavy atom. The first-order valence-corrected chi connectivity index (χ1v) is 9.15. The molecule has 6 heteroatoms. The molecule has 0 saturated heterocycles. The summed E-state index contributed by atoms with van der Waals surface area (Å²) in [5.41, 5.74) is 1.54. The minimum absolute atomic E-state index is 0.0835. The molecule has 1 heterocycles. The van der Waals surface area contributed by atoms with Gasteiger partial charge < -0.3 is 9.15 Å². The molecular formula is C21H23N3O3. The van der Waals surface area contributed by atoms with Gasteiger partial charge in [-0.1, -0.05) is 61.3 Å². The van der Waals surface area contributed by atoms with Gasteiger partial charge in [0.2, 0.25) is 5.89 Å². The van der Waals surface area contributed by atoms with Crippen LogP contribution in [0.25, 0.3) is 0 Å². The predicted octanol–water partition coefficient (Wildman–Crippen LogP) is 4.48. The summed E-state index contributed by atoms with van der Waals surface area (Å²) in [6.07, 6.45) is 3.79. The zero-order chi connectivity index (χ0) is 18.9. The van der Waals surface area contributed by atoms with E-state index >= 15 is 0 Å². The molecule has 0 spiro atoms. The van der Waals surface area contributed by atoms with E-state index in [1.54, 1.807) is 18.2 Å². The number of ether oxygens (including phenoxy) is 1. The first-order chi connectivity index (χ1) is 13.2. The number of hydrogen-bond acceptors (Lipinski definition) is 5. The second kappa shape index (κ2) is 9.52. The standard InChI is InChI=1S/C21H23N3O3/c1-2-3-7-13-26-18-12-8-11-17(15-18)20(25)22-21-24-23-19(27-21)14-16-9-5-4-6-10-16/h4-6,8-12,15H,2-3,7,13-14H2,1H3,(H,22,24,25). The van der Waals surface area contributed by atoms with Gasteiger partial charge in [-0.3, -0.25) is 10.1 Å². The fourth-order valence-electron chi connectivity index (χ4n) is 2.58. The lowest BCUT2D eigenvalue weighted by atomic mass is 10.2. The topological polar surface area (TPSA) is 77.2 Å². The third-order valence-electron chi connectivity index (χ3n) is 4.00. The zero-order valence-electron chi connectivity index (χ0n) is 15.4. The van der Waals surface area contributed by atoms with Gasteiger partial charge in [-0.25, -0.2) is 0 Å². The van der Waals surface area contributed by atoms with Crippen molar-refractivity contribution in [1.29, 1.82) is 0 Å². The predicted molar refractivity (Wildman–Crippen MR) is 103 cm³/mol. The average Bonchev–Trinajstić information content (AvgIpc) is 3.13. The van der Waals surface area contributed by atoms with Gasteiger partial charge in [-0.05, 0) is 30.2 Å². The molecule has 0 aliphatic carbocycles. The number of rotatable bonds is 9. The minimum Gasteiger partial charge on any atom is -0.494 e. The van der Waals surface area contributed by atoms with Crippen molar-refractivity contribution in [2.75, 3.05) is 11.9 Å². The Balaban J connectivity index is 1.57. The third-order valence-corrected chi connectivity index (χ3v) is 4.00. The summed E-state index contributed by atoms with van der Waals surface area (Å²) in [6.45, 7) is 2.79. The highest BCUT2D eigenvalue weighted by molar-refractivity contribution is 6.03. The van der Waals surface area contributed by atoms with Crippen LogP contribution in [0.1, 0.15) is 48.0 Å². The molecule has 1 N–H and O–H groups in total. The van der Waals surface area contributed by atoms with Crippen molar-refractivity contribution >= 4 is 11.9 Å². The monoisotopic (exact) mass is 365 g/mol. The van der Waals surface area contributed by atoms with E-state index in [1.165, 1.54) is 0 Å². The molecule has 0 aliphatic rings. The molecular weight excluding hydrogens is 342 g/mol. The minimum atomic E-state index is -0.316. The number of nitrogens with one attached hydrogen (secondary N) is 1. The van der Waals surface area contributed by atoms with Crippen molar-refractivity contribution in [1.82, 2.24) is 10.2 Å². The number of amides is 1. The molecule has 2 aromatic carbocycles. The second-order valence-electron chi connectivity index (χ2n) is 6.20. The van der Waals surface area contributed by atoms with Crippen molar-refractivity contribution < 1.29 is 13.9 Å². The number of unbranched alkanes of at least 4 members (excludes halogenated alkanes) is 2. The number of anilines is 1. The van der Waals surface area contributed by atoms with E-state index < -0.39 is 0 Å². The van der Waals surface area contributed by atoms with Gasteiger partial charge in [0.25, 0.3) is 5.91 Å². The van der Waals surface area contributed by atoms with Crippen LogP contribution >= 0.6 is 0 Å². The van der Waals surface area contributed by atoms with Gasteiger partial charge >= 0.3 is 6.01 Å². The molecule has 1 aromatic heterocycles. The molecule has 0 aliphatic heterocycles. The van der Waals surface area contributed by atoms with Crippen LogP contribution in [0.4, 0.5) is 6.01 Å². The Bertz CT molecular complexity index is 862. The number of nitrogens with zero attached hydrogens (tertiary/aromatic N) is 2. The van der Waals surface area contributed by atoms with Crippen LogP contribution < -0.4 is 10.1 Å². The van der Waals surface area contributed by atoms with Gasteiger partial charge in [0, 0.05) is 5.56 Å². The zero-order valence-corrected chi connectivity index (χ0v) is 15.4. The first-order valence-electron chi connectivity index (χ1n) is 9.15. The molecule has 0 fully saturated rings. The highest BCUT2D eigenvalue weighted by Gasteiger charge is 2.12. The van der Waals surface area contributed by atoms with Gasteiger partial charge in [-0.2, -0.15) is 0 Å². The Hall–Kier alpha value is -3.15. The van der Waals surface area contributed by atoms with E-state index in [9.17, 15) is 4.79 Å². The molecule has 3 rings (SSSR count). The molecule has 140 valence electrons. The van der Waals surface area contributed by atoms with Crippen molar-refractivity contribution in [2.24, 2.45) is 0 Å². The van der Waals surface area contributed by atoms with E-state index in [0.717, 1.165) is 24.8 Å². The summed E-state index contributed by atoms with van der Waals surface area (Å²) in [5.74, 6) is 0.808. The highest BCUT2D eigenvalue weighted by atomic mass is 16.5. The lowest BCUT2D eigenvalue weighted by Crippen LogP contribution is -2.12. The Morgan fingerprint density at radius 2 is 1.93 bits per heavy atom. The van der Waals surface area contributed by atoms with Crippen LogP contribution in [0, 0.1) is 0 Å². The SMILES string of the molecule is CCCCCOc1cccc(C(=O)Nc2nnc(Cc3ccccc3)o2)c1. The van der Waals surface area contributed by atoms with E-state index in [1.807, 2.05) is 36.4 Å². The maximum absolute atomic E-state index is 12.4. The van der Waals surface area contributed by atoms with Crippen LogP contribution in [0.15, 0.2) is 59.0 Å². The van der Waals surface area contributed by atoms with Gasteiger partial charge in [0.1, 0.15) is 5.75 Å². The summed E-state index contributed by atoms with van der Waals surface area (Å²) in [6, 6.07) is 17.0. The second-order valence-corrected chi connectivity index (χ2v) is 6.20. The summed E-state index contributed by atoms with van der Waals surface area (Å²) in [5, 5.41) is 10.5. The molecule has 6 nitrogen and oxygen atoms in total. The summed E-state index contributed by atoms with van der Waals surface area (Å²) in [4.78, 5) is 12.4. The lowest BCUT2D eigenvalue weighted by Gasteiger charge is -2.07. The van der Waals surface area contributed by atoms with E-state index in [4.69, 9.17) is 9.15 Å². The number of benzene rings is 2. The smallest absolute Gasteiger partial charge is 0.322 e. The lowest BCUT2D eigenvalue weighted by molar-refractivity contribution is 0.102. The number of aromatic nitrogens is 2. The van der Waals surface area contributed by atoms with Crippen LogP contribution in [0.2, 0.25) is 0 Å². The number of hydrogen-bond donors (Lipinski definition) is 1. The van der Waals surface area contributed by atoms with Crippen LogP contribution in [-0.4, -0.2) is 22.7 Å². The van der Waals surface area contributed by atoms with Gasteiger partial charge in [-0.15, -0.1) is 5.10 Å². The van der Waals surface area contributed by atoms with Gasteiger partial charge in [0.05, 0.1) is 13.0 Å². The Labute approximate surface area is 158 Å². The number of carbonyl (C=O) groups is 1. The average molecular weight is 365 g/mol. The highest BCUT2D eigenvalue weighted by Crippen LogP contribution is 2.16. The van der Waals surface area contributed by atoms with Crippen LogP contribution in [-0.2, 0) is 6.42 Å². The van der Waals surface area contributed by atoms with E-state index in [2.05, 4.69) is 22.4 Å². The number of carbonyl (C=O) groups excluding carboxylic acids is 1. The van der Waals surface area contributed by atoms with E-state index in [-0.39, 0.29) is 11.9 Å². The molecule has 3 aromatic rings. The van der Waals surface area contributed by atoms with Gasteiger partial charge in [0.15, 0.2) is 0 Å². The molecule has 0 saturated carbocycles. The first kappa shape index (κ1) is 18.6. The molecule has 0 radical (unpaired) electrons. The molecule has 1 amide bonds. The van der Waals surface area contributed by atoms with Crippen LogP contribution in [0.3, 0.4) is 0 Å². The fourth-order valence-corrected chi connectivity index (χ4v) is 2.58. The largest absolute Gasteiger partial charge is 0.494 e. The molecule has 0 atom stereocenters. The van der Waals surface area contributed by atoms with Crippen molar-refractivity contribution in [3.63, 3.8) is 0 Å². The fraction of sp³-hybridized carbons (Fsp3) is 0.286. The third kappa shape index (κ3) is 5.67. The quantitative estimate of drug-likeness (QED) is 0.566. The Morgan fingerprint density at radius 1 is 1.07 bits per heavy atom. The molecule has 27 heavy (non-hydrogen) atoms. The molecule has 0 unspecified atom stereocenters. The Kier molecular flexibility index (Phi) is 6.57. The van der Waals surface area contributed by atoms with Crippen molar-refractivity contribution in [3.8, 4) is 5.75 Å². The van der Waals surface area contributed by atoms with Crippen molar-refractivity contribution in [3.05, 3.63) is 71.6 Å². The van der Waals surface area contributed by atoms with Crippen LogP contribution in [0.5, 0.6) is 5.75 Å². The van der Waals surface area contributed by atoms with E-state index in [0.29, 0.717) is 30.2 Å². The summed E-state index contributed by atoms with van der Waals surface area (Å²) in [7, 11) is 0. The van der Waals surface area contributed by atoms with Crippen molar-refractivity contribution in [2.45, 2.75) is 32.6 Å². The normalized spacial score (nSPS) is 10.6.